The molecule has 6 heteroatoms. The van der Waals surface area contributed by atoms with E-state index in [-0.39, 0.29) is 0 Å². The molecule has 1 aliphatic heterocycles. The van der Waals surface area contributed by atoms with Crippen LogP contribution in [0.1, 0.15) is 11.3 Å². The van der Waals surface area contributed by atoms with Gasteiger partial charge in [-0.15, -0.1) is 0 Å². The SMILES string of the molecule is Cc1c(Cl)cccc1NC1=NCCN1OCc1ccccn1. The van der Waals surface area contributed by atoms with E-state index in [0.29, 0.717) is 19.1 Å². The summed E-state index contributed by atoms with van der Waals surface area (Å²) in [5.74, 6) is 0.696. The number of rotatable bonds is 4. The van der Waals surface area contributed by atoms with Gasteiger partial charge in [0, 0.05) is 16.9 Å². The second kappa shape index (κ2) is 6.77. The van der Waals surface area contributed by atoms with Gasteiger partial charge in [0.25, 0.3) is 0 Å². The van der Waals surface area contributed by atoms with Crippen LogP contribution in [-0.2, 0) is 11.4 Å². The fraction of sp³-hybridized carbons (Fsp3) is 0.250. The molecule has 5 nitrogen and oxygen atoms in total. The van der Waals surface area contributed by atoms with Crippen molar-refractivity contribution >= 4 is 23.2 Å². The van der Waals surface area contributed by atoms with Crippen LogP contribution < -0.4 is 5.32 Å². The number of pyridine rings is 1. The first-order chi connectivity index (χ1) is 10.7. The van der Waals surface area contributed by atoms with Crippen LogP contribution in [0.3, 0.4) is 0 Å². The van der Waals surface area contributed by atoms with Crippen molar-refractivity contribution in [1.82, 2.24) is 10.0 Å². The van der Waals surface area contributed by atoms with Crippen molar-refractivity contribution in [1.29, 1.82) is 0 Å². The number of halogens is 1. The van der Waals surface area contributed by atoms with Gasteiger partial charge in [0.15, 0.2) is 0 Å². The lowest BCUT2D eigenvalue weighted by molar-refractivity contribution is -0.104. The van der Waals surface area contributed by atoms with Gasteiger partial charge in [-0.3, -0.25) is 9.82 Å². The maximum Gasteiger partial charge on any atom is 0.223 e. The molecular formula is C16H17ClN4O. The van der Waals surface area contributed by atoms with E-state index < -0.39 is 0 Å². The predicted molar refractivity (Wildman–Crippen MR) is 87.8 cm³/mol. The summed E-state index contributed by atoms with van der Waals surface area (Å²) in [4.78, 5) is 14.5. The minimum atomic E-state index is 0.413. The van der Waals surface area contributed by atoms with Gasteiger partial charge in [-0.2, -0.15) is 0 Å². The van der Waals surface area contributed by atoms with Crippen LogP contribution in [0.15, 0.2) is 47.6 Å². The first kappa shape index (κ1) is 14.8. The number of nitrogens with one attached hydrogen (secondary N) is 1. The quantitative estimate of drug-likeness (QED) is 0.940. The fourth-order valence-electron chi connectivity index (χ4n) is 2.15. The molecule has 0 spiro atoms. The Morgan fingerprint density at radius 3 is 3.00 bits per heavy atom. The maximum atomic E-state index is 6.14. The lowest BCUT2D eigenvalue weighted by atomic mass is 10.2. The number of nitrogens with zero attached hydrogens (tertiary/aromatic N) is 3. The fourth-order valence-corrected chi connectivity index (χ4v) is 2.32. The highest BCUT2D eigenvalue weighted by atomic mass is 35.5. The molecule has 0 atom stereocenters. The van der Waals surface area contributed by atoms with Crippen molar-refractivity contribution in [2.24, 2.45) is 4.99 Å². The molecule has 3 rings (SSSR count). The van der Waals surface area contributed by atoms with Crippen LogP contribution in [0.2, 0.25) is 5.02 Å². The number of hydroxylamine groups is 2. The van der Waals surface area contributed by atoms with E-state index in [4.69, 9.17) is 16.4 Å². The van der Waals surface area contributed by atoms with Crippen molar-refractivity contribution in [2.75, 3.05) is 18.4 Å². The summed E-state index contributed by atoms with van der Waals surface area (Å²) in [6.07, 6.45) is 1.76. The van der Waals surface area contributed by atoms with E-state index in [1.165, 1.54) is 0 Å². The Kier molecular flexibility index (Phi) is 4.56. The lowest BCUT2D eigenvalue weighted by Gasteiger charge is -2.21. The Morgan fingerprint density at radius 1 is 1.27 bits per heavy atom. The minimum Gasteiger partial charge on any atom is -0.324 e. The van der Waals surface area contributed by atoms with Crippen LogP contribution in [0.4, 0.5) is 5.69 Å². The van der Waals surface area contributed by atoms with Crippen molar-refractivity contribution in [3.05, 3.63) is 58.9 Å². The molecule has 0 bridgehead atoms. The zero-order chi connectivity index (χ0) is 15.4. The summed E-state index contributed by atoms with van der Waals surface area (Å²) < 4.78 is 0. The van der Waals surface area contributed by atoms with Crippen LogP contribution in [-0.4, -0.2) is 29.1 Å². The highest BCUT2D eigenvalue weighted by molar-refractivity contribution is 6.31. The molecule has 0 unspecified atom stereocenters. The van der Waals surface area contributed by atoms with Crippen molar-refractivity contribution < 1.29 is 4.84 Å². The van der Waals surface area contributed by atoms with Crippen molar-refractivity contribution in [3.8, 4) is 0 Å². The number of anilines is 1. The minimum absolute atomic E-state index is 0.413. The third kappa shape index (κ3) is 3.37. The molecule has 0 saturated heterocycles. The summed E-state index contributed by atoms with van der Waals surface area (Å²) in [5.41, 5.74) is 2.80. The van der Waals surface area contributed by atoms with Crippen LogP contribution in [0.25, 0.3) is 0 Å². The summed E-state index contributed by atoms with van der Waals surface area (Å²) in [6, 6.07) is 11.5. The molecule has 0 radical (unpaired) electrons. The van der Waals surface area contributed by atoms with Gasteiger partial charge >= 0.3 is 0 Å². The summed E-state index contributed by atoms with van der Waals surface area (Å²) in [5, 5.41) is 5.77. The van der Waals surface area contributed by atoms with Gasteiger partial charge < -0.3 is 5.32 Å². The maximum absolute atomic E-state index is 6.14. The molecule has 0 saturated carbocycles. The molecule has 0 amide bonds. The van der Waals surface area contributed by atoms with E-state index in [2.05, 4.69) is 15.3 Å². The van der Waals surface area contributed by atoms with E-state index in [1.807, 2.05) is 43.3 Å². The third-order valence-corrected chi connectivity index (χ3v) is 3.82. The highest BCUT2D eigenvalue weighted by Crippen LogP contribution is 2.23. The largest absolute Gasteiger partial charge is 0.324 e. The third-order valence-electron chi connectivity index (χ3n) is 3.41. The molecule has 2 aromatic rings. The number of guanidine groups is 1. The average Bonchev–Trinajstić information content (AvgIpc) is 2.98. The number of hydrogen-bond acceptors (Lipinski definition) is 5. The highest BCUT2D eigenvalue weighted by Gasteiger charge is 2.19. The van der Waals surface area contributed by atoms with Gasteiger partial charge in [0.2, 0.25) is 5.96 Å². The van der Waals surface area contributed by atoms with Gasteiger partial charge in [-0.05, 0) is 36.8 Å². The first-order valence-electron chi connectivity index (χ1n) is 7.11. The van der Waals surface area contributed by atoms with Crippen molar-refractivity contribution in [3.63, 3.8) is 0 Å². The summed E-state index contributed by atoms with van der Waals surface area (Å²) in [6.45, 7) is 3.80. The topological polar surface area (TPSA) is 49.8 Å². The lowest BCUT2D eigenvalue weighted by Crippen LogP contribution is -2.33. The summed E-state index contributed by atoms with van der Waals surface area (Å²) >= 11 is 6.14. The number of hydrogen-bond donors (Lipinski definition) is 1. The molecule has 2 heterocycles. The van der Waals surface area contributed by atoms with Crippen LogP contribution in [0.5, 0.6) is 0 Å². The Balaban J connectivity index is 1.64. The van der Waals surface area contributed by atoms with Gasteiger partial charge in [-0.1, -0.05) is 23.7 Å². The zero-order valence-electron chi connectivity index (χ0n) is 12.3. The molecule has 1 aromatic heterocycles. The predicted octanol–water partition coefficient (Wildman–Crippen LogP) is 3.26. The molecule has 0 aliphatic carbocycles. The monoisotopic (exact) mass is 316 g/mol. The molecule has 1 aliphatic rings. The molecular weight excluding hydrogens is 300 g/mol. The number of aliphatic imine (C=N–C) groups is 1. The van der Waals surface area contributed by atoms with Crippen LogP contribution >= 0.6 is 11.6 Å². The Morgan fingerprint density at radius 2 is 2.18 bits per heavy atom. The second-order valence-corrected chi connectivity index (χ2v) is 5.35. The molecule has 114 valence electrons. The molecule has 1 N–H and O–H groups in total. The number of aromatic nitrogens is 1. The number of benzene rings is 1. The first-order valence-corrected chi connectivity index (χ1v) is 7.49. The van der Waals surface area contributed by atoms with Gasteiger partial charge in [0.05, 0.1) is 18.8 Å². The molecule has 0 fully saturated rings. The van der Waals surface area contributed by atoms with Crippen molar-refractivity contribution in [2.45, 2.75) is 13.5 Å². The smallest absolute Gasteiger partial charge is 0.223 e. The van der Waals surface area contributed by atoms with E-state index >= 15 is 0 Å². The van der Waals surface area contributed by atoms with E-state index in [1.54, 1.807) is 11.3 Å². The Bertz CT molecular complexity index is 675. The van der Waals surface area contributed by atoms with Gasteiger partial charge in [-0.25, -0.2) is 10.1 Å². The molecule has 22 heavy (non-hydrogen) atoms. The standard InChI is InChI=1S/C16H17ClN4O/c1-12-14(17)6-4-7-15(12)20-16-19-9-10-21(16)22-11-13-5-2-3-8-18-13/h2-8H,9-11H2,1H3,(H,19,20). The Labute approximate surface area is 134 Å². The van der Waals surface area contributed by atoms with Crippen LogP contribution in [0, 0.1) is 6.92 Å². The van der Waals surface area contributed by atoms with E-state index in [0.717, 1.165) is 28.5 Å². The second-order valence-electron chi connectivity index (χ2n) is 4.94. The zero-order valence-corrected chi connectivity index (χ0v) is 13.0. The Hall–Kier alpha value is -2.11. The van der Waals surface area contributed by atoms with E-state index in [9.17, 15) is 0 Å². The average molecular weight is 317 g/mol. The van der Waals surface area contributed by atoms with Gasteiger partial charge in [0.1, 0.15) is 6.61 Å². The normalized spacial score (nSPS) is 14.1. The molecule has 1 aromatic carbocycles. The summed E-state index contributed by atoms with van der Waals surface area (Å²) in [7, 11) is 0.